The van der Waals surface area contributed by atoms with Crippen molar-refractivity contribution in [3.05, 3.63) is 45.1 Å². The zero-order valence-electron chi connectivity index (χ0n) is 9.85. The topological polar surface area (TPSA) is 58.9 Å². The molecule has 1 aromatic carbocycles. The summed E-state index contributed by atoms with van der Waals surface area (Å²) in [4.78, 5) is 15.6. The molecule has 6 heteroatoms. The second-order valence-electron chi connectivity index (χ2n) is 3.70. The average molecular weight is 387 g/mol. The molecule has 0 spiro atoms. The summed E-state index contributed by atoms with van der Waals surface area (Å²) in [5, 5.41) is 9.63. The summed E-state index contributed by atoms with van der Waals surface area (Å²) in [7, 11) is 1.48. The van der Waals surface area contributed by atoms with Gasteiger partial charge in [-0.25, -0.2) is 4.99 Å². The van der Waals surface area contributed by atoms with Gasteiger partial charge in [0.2, 0.25) is 0 Å². The monoisotopic (exact) mass is 385 g/mol. The Bertz CT molecular complexity index is 610. The number of aliphatic imine (C=N–C) groups is 1. The van der Waals surface area contributed by atoms with Crippen LogP contribution in [0.1, 0.15) is 0 Å². The van der Waals surface area contributed by atoms with Gasteiger partial charge in [-0.15, -0.1) is 0 Å². The predicted octanol–water partition coefficient (Wildman–Crippen LogP) is 3.66. The van der Waals surface area contributed by atoms with Gasteiger partial charge in [0.15, 0.2) is 5.78 Å². The minimum atomic E-state index is -0.135. The molecule has 19 heavy (non-hydrogen) atoms. The first-order valence-electron chi connectivity index (χ1n) is 5.26. The van der Waals surface area contributed by atoms with Crippen molar-refractivity contribution in [3.8, 4) is 5.75 Å². The van der Waals surface area contributed by atoms with Crippen molar-refractivity contribution in [2.45, 2.75) is 0 Å². The summed E-state index contributed by atoms with van der Waals surface area (Å²) in [5.74, 6) is 0.387. The van der Waals surface area contributed by atoms with Gasteiger partial charge >= 0.3 is 0 Å². The van der Waals surface area contributed by atoms with E-state index >= 15 is 0 Å². The molecular formula is C13H9Br2NO3. The Morgan fingerprint density at radius 1 is 1.21 bits per heavy atom. The van der Waals surface area contributed by atoms with Gasteiger partial charge in [-0.2, -0.15) is 0 Å². The molecule has 0 bridgehead atoms. The number of nitrogens with zero attached hydrogens (tertiary/aromatic N) is 1. The van der Waals surface area contributed by atoms with Crippen LogP contribution in [0.3, 0.4) is 0 Å². The molecule has 2 rings (SSSR count). The van der Waals surface area contributed by atoms with E-state index in [0.29, 0.717) is 26.1 Å². The standard InChI is InChI=1S/C13H9Br2NO3/c1-19-12-6-8(17)2-3-11(12)16-7-4-9(14)13(18)10(15)5-7/h2-6,18H,1H3. The Balaban J connectivity index is 2.44. The van der Waals surface area contributed by atoms with Crippen LogP contribution in [0.25, 0.3) is 0 Å². The third-order valence-electron chi connectivity index (χ3n) is 2.40. The molecule has 0 aromatic heterocycles. The van der Waals surface area contributed by atoms with E-state index < -0.39 is 0 Å². The molecule has 0 atom stereocenters. The zero-order chi connectivity index (χ0) is 14.0. The fraction of sp³-hybridized carbons (Fsp3) is 0.0769. The van der Waals surface area contributed by atoms with E-state index in [1.165, 1.54) is 19.3 Å². The summed E-state index contributed by atoms with van der Waals surface area (Å²) in [5.41, 5.74) is 1.17. The maximum Gasteiger partial charge on any atom is 0.182 e. The number of hydrogen-bond donors (Lipinski definition) is 1. The smallest absolute Gasteiger partial charge is 0.182 e. The lowest BCUT2D eigenvalue weighted by Gasteiger charge is -2.10. The number of ether oxygens (including phenoxy) is 1. The molecular weight excluding hydrogens is 378 g/mol. The van der Waals surface area contributed by atoms with E-state index in [1.54, 1.807) is 18.2 Å². The van der Waals surface area contributed by atoms with Crippen LogP contribution < -0.4 is 0 Å². The number of hydrogen-bond acceptors (Lipinski definition) is 4. The maximum absolute atomic E-state index is 11.2. The van der Waals surface area contributed by atoms with Crippen molar-refractivity contribution < 1.29 is 14.6 Å². The first kappa shape index (κ1) is 14.0. The number of methoxy groups -OCH3 is 1. The van der Waals surface area contributed by atoms with Gasteiger partial charge in [-0.1, -0.05) is 0 Å². The summed E-state index contributed by atoms with van der Waals surface area (Å²) >= 11 is 6.47. The third kappa shape index (κ3) is 3.13. The van der Waals surface area contributed by atoms with Crippen LogP contribution in [0.5, 0.6) is 5.75 Å². The Kier molecular flexibility index (Phi) is 4.21. The lowest BCUT2D eigenvalue weighted by molar-refractivity contribution is -0.110. The van der Waals surface area contributed by atoms with Crippen molar-refractivity contribution in [3.63, 3.8) is 0 Å². The molecule has 0 saturated heterocycles. The fourth-order valence-corrected chi connectivity index (χ4v) is 2.67. The van der Waals surface area contributed by atoms with E-state index in [1.807, 2.05) is 0 Å². The average Bonchev–Trinajstić information content (AvgIpc) is 2.38. The van der Waals surface area contributed by atoms with Crippen LogP contribution in [0.4, 0.5) is 5.69 Å². The molecule has 98 valence electrons. The van der Waals surface area contributed by atoms with E-state index in [4.69, 9.17) is 4.74 Å². The number of ketones is 1. The highest BCUT2D eigenvalue weighted by molar-refractivity contribution is 9.11. The van der Waals surface area contributed by atoms with Crippen LogP contribution in [0, 0.1) is 0 Å². The molecule has 4 nitrogen and oxygen atoms in total. The number of aromatic hydroxyl groups is 1. The fourth-order valence-electron chi connectivity index (χ4n) is 1.51. The van der Waals surface area contributed by atoms with Gasteiger partial charge in [0, 0.05) is 6.08 Å². The van der Waals surface area contributed by atoms with Crippen molar-refractivity contribution >= 4 is 49.0 Å². The summed E-state index contributed by atoms with van der Waals surface area (Å²) in [6.07, 6.45) is 4.39. The van der Waals surface area contributed by atoms with E-state index in [-0.39, 0.29) is 11.5 Å². The molecule has 0 unspecified atom stereocenters. The van der Waals surface area contributed by atoms with Crippen LogP contribution in [0.2, 0.25) is 0 Å². The number of carbonyl (C=O) groups is 1. The van der Waals surface area contributed by atoms with Gasteiger partial charge in [-0.3, -0.25) is 4.79 Å². The molecule has 1 N–H and O–H groups in total. The van der Waals surface area contributed by atoms with E-state index in [0.717, 1.165) is 0 Å². The first-order chi connectivity index (χ1) is 9.01. The van der Waals surface area contributed by atoms with Crippen LogP contribution in [-0.4, -0.2) is 23.7 Å². The van der Waals surface area contributed by atoms with Crippen LogP contribution >= 0.6 is 31.9 Å². The molecule has 0 heterocycles. The summed E-state index contributed by atoms with van der Waals surface area (Å²) < 4.78 is 6.17. The molecule has 0 saturated carbocycles. The SMILES string of the molecule is COC1=CC(=O)C=CC1=Nc1cc(Br)c(O)c(Br)c1. The lowest BCUT2D eigenvalue weighted by atomic mass is 10.1. The highest BCUT2D eigenvalue weighted by Gasteiger charge is 2.13. The highest BCUT2D eigenvalue weighted by Crippen LogP contribution is 2.36. The third-order valence-corrected chi connectivity index (χ3v) is 3.61. The van der Waals surface area contributed by atoms with Gasteiger partial charge in [0.1, 0.15) is 17.2 Å². The number of allylic oxidation sites excluding steroid dienone is 3. The van der Waals surface area contributed by atoms with Gasteiger partial charge in [0.25, 0.3) is 0 Å². The minimum Gasteiger partial charge on any atom is -0.506 e. The van der Waals surface area contributed by atoms with Gasteiger partial charge in [-0.05, 0) is 56.1 Å². The molecule has 0 radical (unpaired) electrons. The highest BCUT2D eigenvalue weighted by atomic mass is 79.9. The van der Waals surface area contributed by atoms with Crippen molar-refractivity contribution in [1.82, 2.24) is 0 Å². The lowest BCUT2D eigenvalue weighted by Crippen LogP contribution is -2.09. The number of carbonyl (C=O) groups excluding carboxylic acids is 1. The Labute approximate surface area is 126 Å². The zero-order valence-corrected chi connectivity index (χ0v) is 13.0. The van der Waals surface area contributed by atoms with E-state index in [9.17, 15) is 9.90 Å². The number of benzene rings is 1. The van der Waals surface area contributed by atoms with Crippen molar-refractivity contribution in [2.24, 2.45) is 4.99 Å². The predicted molar refractivity (Wildman–Crippen MR) is 79.8 cm³/mol. The molecule has 0 aliphatic heterocycles. The number of halogens is 2. The summed E-state index contributed by atoms with van der Waals surface area (Å²) in [6.45, 7) is 0. The largest absolute Gasteiger partial charge is 0.506 e. The summed E-state index contributed by atoms with van der Waals surface area (Å²) in [6, 6.07) is 3.34. The Hall–Kier alpha value is -1.40. The molecule has 1 aromatic rings. The molecule has 1 aliphatic carbocycles. The Morgan fingerprint density at radius 2 is 1.84 bits per heavy atom. The van der Waals surface area contributed by atoms with Crippen molar-refractivity contribution in [1.29, 1.82) is 0 Å². The number of phenolic OH excluding ortho intramolecular Hbond substituents is 1. The van der Waals surface area contributed by atoms with Crippen LogP contribution in [-0.2, 0) is 9.53 Å². The normalized spacial score (nSPS) is 16.7. The quantitative estimate of drug-likeness (QED) is 0.789. The minimum absolute atomic E-state index is 0.112. The number of rotatable bonds is 2. The van der Waals surface area contributed by atoms with Gasteiger partial charge in [0.05, 0.1) is 21.7 Å². The van der Waals surface area contributed by atoms with Gasteiger partial charge < -0.3 is 9.84 Å². The second-order valence-corrected chi connectivity index (χ2v) is 5.41. The van der Waals surface area contributed by atoms with Crippen molar-refractivity contribution in [2.75, 3.05) is 7.11 Å². The Morgan fingerprint density at radius 3 is 2.42 bits per heavy atom. The first-order valence-corrected chi connectivity index (χ1v) is 6.84. The molecule has 0 amide bonds. The van der Waals surface area contributed by atoms with Crippen LogP contribution in [0.15, 0.2) is 50.1 Å². The number of phenols is 1. The van der Waals surface area contributed by atoms with E-state index in [2.05, 4.69) is 36.9 Å². The second kappa shape index (κ2) is 5.71. The molecule has 0 fully saturated rings. The molecule has 1 aliphatic rings. The maximum atomic E-state index is 11.2.